The van der Waals surface area contributed by atoms with E-state index in [4.69, 9.17) is 9.97 Å². The van der Waals surface area contributed by atoms with Gasteiger partial charge in [-0.15, -0.1) is 0 Å². The fourth-order valence-electron chi connectivity index (χ4n) is 9.17. The molecule has 0 radical (unpaired) electrons. The van der Waals surface area contributed by atoms with Gasteiger partial charge in [0, 0.05) is 50.5 Å². The smallest absolute Gasteiger partial charge is 0.128 e. The molecule has 0 amide bonds. The zero-order valence-electron chi connectivity index (χ0n) is 40.8. The van der Waals surface area contributed by atoms with Gasteiger partial charge in [-0.3, -0.25) is 4.98 Å². The maximum atomic E-state index is 12.2. The zero-order valence-corrected chi connectivity index (χ0v) is 40.8. The molecule has 9 aromatic rings. The highest BCUT2D eigenvalue weighted by atomic mass is 16.3. The number of para-hydroxylation sites is 3. The van der Waals surface area contributed by atoms with Crippen LogP contribution < -0.4 is 0 Å². The minimum Gasteiger partial charge on any atom is -0.507 e. The average molecular weight is 866 g/mol. The lowest BCUT2D eigenvalue weighted by Crippen LogP contribution is -2.17. The van der Waals surface area contributed by atoms with Crippen LogP contribution in [0.1, 0.15) is 105 Å². The lowest BCUT2D eigenvalue weighted by atomic mass is 9.78. The molecule has 3 aromatic heterocycles. The van der Waals surface area contributed by atoms with Gasteiger partial charge in [0.25, 0.3) is 0 Å². The molecule has 3 heterocycles. The Balaban J connectivity index is 1.23. The molecule has 332 valence electrons. The summed E-state index contributed by atoms with van der Waals surface area (Å²) in [5.74, 6) is 0.279. The van der Waals surface area contributed by atoms with Gasteiger partial charge >= 0.3 is 0 Å². The number of phenols is 1. The molecule has 66 heavy (non-hydrogen) atoms. The maximum Gasteiger partial charge on any atom is 0.128 e. The topological polar surface area (TPSA) is 50.9 Å². The lowest BCUT2D eigenvalue weighted by Gasteiger charge is -2.28. The number of phenolic OH excluding ortho intramolecular Hbond substituents is 1. The van der Waals surface area contributed by atoms with Gasteiger partial charge in [-0.1, -0.05) is 180 Å². The van der Waals surface area contributed by atoms with E-state index >= 15 is 0 Å². The third-order valence-corrected chi connectivity index (χ3v) is 13.1. The molecule has 6 aromatic carbocycles. The van der Waals surface area contributed by atoms with Gasteiger partial charge in [0.15, 0.2) is 0 Å². The van der Waals surface area contributed by atoms with Crippen molar-refractivity contribution in [1.29, 1.82) is 0 Å². The number of benzene rings is 6. The van der Waals surface area contributed by atoms with Crippen LogP contribution >= 0.6 is 0 Å². The normalized spacial score (nSPS) is 12.6. The molecule has 0 spiro atoms. The first-order chi connectivity index (χ1) is 31.1. The van der Waals surface area contributed by atoms with Gasteiger partial charge in [0.2, 0.25) is 0 Å². The van der Waals surface area contributed by atoms with Gasteiger partial charge < -0.3 is 9.67 Å². The minimum absolute atomic E-state index is 0.0604. The van der Waals surface area contributed by atoms with E-state index in [9.17, 15) is 5.11 Å². The van der Waals surface area contributed by atoms with E-state index in [1.165, 1.54) is 32.9 Å². The number of aromatic hydroxyl groups is 1. The molecule has 0 atom stereocenters. The molecule has 0 saturated carbocycles. The van der Waals surface area contributed by atoms with E-state index in [2.05, 4.69) is 239 Å². The Labute approximate surface area is 392 Å². The minimum atomic E-state index is -0.289. The summed E-state index contributed by atoms with van der Waals surface area (Å²) in [6.07, 6.45) is 1.93. The SMILES string of the molecule is CC(C)(C)c1cc(-c2cc(-c3cccc(-c4cc(-c5cccc6c7ccccc7n(-c7ccccc7)c56)ccn4)c3)nc(-c3cc(C(C)(C)C)cc(C(C)(C)C)c3O)c2)cc(C(C)(C)C)c1. The number of hydrogen-bond donors (Lipinski definition) is 1. The van der Waals surface area contributed by atoms with Crippen LogP contribution in [-0.4, -0.2) is 19.6 Å². The molecule has 0 aliphatic heterocycles. The highest BCUT2D eigenvalue weighted by Gasteiger charge is 2.28. The summed E-state index contributed by atoms with van der Waals surface area (Å²) in [6, 6.07) is 54.6. The Morgan fingerprint density at radius 1 is 0.409 bits per heavy atom. The van der Waals surface area contributed by atoms with Crippen LogP contribution in [0.2, 0.25) is 0 Å². The standard InChI is InChI=1S/C62H63N3O/c1-59(2,3)44-31-42(32-45(36-44)60(4,5)6)43-34-54(64-55(35-43)51-37-46(61(7,8)9)38-52(58(51)66)62(10,11)12)41-21-18-20-40(30-41)53-33-39(28-29-63-53)48-25-19-26-50-49-24-16-17-27-56(49)65(57(48)50)47-22-14-13-15-23-47/h13-38,66H,1-12H3. The van der Waals surface area contributed by atoms with Gasteiger partial charge in [0.05, 0.1) is 28.1 Å². The fourth-order valence-corrected chi connectivity index (χ4v) is 9.17. The van der Waals surface area contributed by atoms with Crippen LogP contribution in [0.25, 0.3) is 83.5 Å². The molecule has 1 N–H and O–H groups in total. The summed E-state index contributed by atoms with van der Waals surface area (Å²) in [5, 5.41) is 14.7. The number of nitrogens with zero attached hydrogens (tertiary/aromatic N) is 3. The van der Waals surface area contributed by atoms with Crippen LogP contribution in [0.15, 0.2) is 158 Å². The predicted molar refractivity (Wildman–Crippen MR) is 280 cm³/mol. The molecule has 0 aliphatic rings. The van der Waals surface area contributed by atoms with Crippen molar-refractivity contribution in [3.63, 3.8) is 0 Å². The first-order valence-electron chi connectivity index (χ1n) is 23.4. The van der Waals surface area contributed by atoms with E-state index < -0.39 is 0 Å². The van der Waals surface area contributed by atoms with Crippen molar-refractivity contribution in [2.24, 2.45) is 0 Å². The summed E-state index contributed by atoms with van der Waals surface area (Å²) in [6.45, 7) is 26.9. The van der Waals surface area contributed by atoms with E-state index in [1.54, 1.807) is 0 Å². The molecule has 4 nitrogen and oxygen atoms in total. The number of aromatic nitrogens is 3. The fraction of sp³-hybridized carbons (Fsp3) is 0.258. The van der Waals surface area contributed by atoms with Crippen molar-refractivity contribution in [3.8, 4) is 67.5 Å². The van der Waals surface area contributed by atoms with Crippen molar-refractivity contribution >= 4 is 21.8 Å². The third kappa shape index (κ3) is 8.46. The molecular weight excluding hydrogens is 803 g/mol. The quantitative estimate of drug-likeness (QED) is 0.181. The van der Waals surface area contributed by atoms with Crippen molar-refractivity contribution in [2.75, 3.05) is 0 Å². The van der Waals surface area contributed by atoms with Gasteiger partial charge in [0.1, 0.15) is 5.75 Å². The monoisotopic (exact) mass is 865 g/mol. The molecule has 0 aliphatic carbocycles. The number of rotatable bonds is 6. The summed E-state index contributed by atoms with van der Waals surface area (Å²) in [4.78, 5) is 10.4. The first kappa shape index (κ1) is 44.4. The van der Waals surface area contributed by atoms with E-state index in [0.29, 0.717) is 0 Å². The zero-order chi connectivity index (χ0) is 46.9. The summed E-state index contributed by atoms with van der Waals surface area (Å²) >= 11 is 0. The Morgan fingerprint density at radius 2 is 0.970 bits per heavy atom. The van der Waals surface area contributed by atoms with Crippen LogP contribution in [0.3, 0.4) is 0 Å². The Kier molecular flexibility index (Phi) is 11.0. The van der Waals surface area contributed by atoms with Crippen molar-refractivity contribution in [2.45, 2.75) is 105 Å². The molecule has 0 bridgehead atoms. The van der Waals surface area contributed by atoms with Crippen LogP contribution in [0.5, 0.6) is 5.75 Å². The molecule has 9 rings (SSSR count). The lowest BCUT2D eigenvalue weighted by molar-refractivity contribution is 0.446. The Hall–Kier alpha value is -6.78. The van der Waals surface area contributed by atoms with Crippen molar-refractivity contribution in [1.82, 2.24) is 14.5 Å². The number of pyridine rings is 2. The van der Waals surface area contributed by atoms with Gasteiger partial charge in [-0.05, 0) is 110 Å². The van der Waals surface area contributed by atoms with E-state index in [0.717, 1.165) is 72.8 Å². The molecule has 0 fully saturated rings. The molecule has 0 unspecified atom stereocenters. The highest BCUT2D eigenvalue weighted by Crippen LogP contribution is 2.45. The summed E-state index contributed by atoms with van der Waals surface area (Å²) < 4.78 is 2.39. The Bertz CT molecular complexity index is 3260. The predicted octanol–water partition coefficient (Wildman–Crippen LogP) is 16.8. The second-order valence-corrected chi connectivity index (χ2v) is 22.2. The van der Waals surface area contributed by atoms with E-state index in [-0.39, 0.29) is 27.4 Å². The van der Waals surface area contributed by atoms with Crippen molar-refractivity contribution in [3.05, 3.63) is 180 Å². The maximum absolute atomic E-state index is 12.2. The average Bonchev–Trinajstić information content (AvgIpc) is 3.62. The van der Waals surface area contributed by atoms with Gasteiger partial charge in [-0.2, -0.15) is 0 Å². The second kappa shape index (κ2) is 16.3. The first-order valence-corrected chi connectivity index (χ1v) is 23.4. The molecule has 4 heteroatoms. The van der Waals surface area contributed by atoms with Crippen LogP contribution in [0, 0.1) is 0 Å². The summed E-state index contributed by atoms with van der Waals surface area (Å²) in [5.41, 5.74) is 17.1. The van der Waals surface area contributed by atoms with Crippen LogP contribution in [0.4, 0.5) is 0 Å². The molecule has 0 saturated heterocycles. The van der Waals surface area contributed by atoms with E-state index in [1.807, 2.05) is 6.20 Å². The number of fused-ring (bicyclic) bond motifs is 3. The highest BCUT2D eigenvalue weighted by molar-refractivity contribution is 6.13. The van der Waals surface area contributed by atoms with Crippen molar-refractivity contribution < 1.29 is 5.11 Å². The van der Waals surface area contributed by atoms with Crippen LogP contribution in [-0.2, 0) is 21.7 Å². The molecular formula is C62H63N3O. The second-order valence-electron chi connectivity index (χ2n) is 22.2. The number of hydrogen-bond acceptors (Lipinski definition) is 3. The Morgan fingerprint density at radius 3 is 1.64 bits per heavy atom. The largest absolute Gasteiger partial charge is 0.507 e. The third-order valence-electron chi connectivity index (χ3n) is 13.1. The van der Waals surface area contributed by atoms with Gasteiger partial charge in [-0.25, -0.2) is 4.98 Å². The summed E-state index contributed by atoms with van der Waals surface area (Å²) in [7, 11) is 0.